The predicted molar refractivity (Wildman–Crippen MR) is 95.7 cm³/mol. The predicted octanol–water partition coefficient (Wildman–Crippen LogP) is 4.36. The van der Waals surface area contributed by atoms with E-state index < -0.39 is 17.2 Å². The molecule has 0 aliphatic heterocycles. The van der Waals surface area contributed by atoms with Gasteiger partial charge in [-0.3, -0.25) is 0 Å². The van der Waals surface area contributed by atoms with Crippen molar-refractivity contribution in [2.24, 2.45) is 0 Å². The van der Waals surface area contributed by atoms with E-state index in [1.807, 2.05) is 6.07 Å². The number of hydrogen-bond acceptors (Lipinski definition) is 5. The summed E-state index contributed by atoms with van der Waals surface area (Å²) in [4.78, 5) is 4.47. The van der Waals surface area contributed by atoms with Crippen LogP contribution in [-0.4, -0.2) is 24.3 Å². The molecule has 1 aromatic heterocycles. The molecule has 0 aliphatic carbocycles. The number of nitrogens with zero attached hydrogens (tertiary/aromatic N) is 1. The van der Waals surface area contributed by atoms with E-state index in [1.54, 1.807) is 31.7 Å². The lowest BCUT2D eigenvalue weighted by Crippen LogP contribution is -2.22. The van der Waals surface area contributed by atoms with Gasteiger partial charge in [-0.2, -0.15) is 0 Å². The molecule has 0 saturated heterocycles. The zero-order valence-corrected chi connectivity index (χ0v) is 15.2. The van der Waals surface area contributed by atoms with Crippen molar-refractivity contribution in [2.45, 2.75) is 12.5 Å². The highest BCUT2D eigenvalue weighted by molar-refractivity contribution is 7.10. The second-order valence-electron chi connectivity index (χ2n) is 5.81. The quantitative estimate of drug-likeness (QED) is 0.718. The molecule has 1 unspecified atom stereocenters. The Labute approximate surface area is 153 Å². The summed E-state index contributed by atoms with van der Waals surface area (Å²) in [6.45, 7) is 1.50. The van der Waals surface area contributed by atoms with Gasteiger partial charge in [0.25, 0.3) is 0 Å². The number of methoxy groups -OCH3 is 2. The minimum atomic E-state index is -1.55. The standard InChI is InChI=1S/C19H17F2NO3S/c1-19(23,12-5-6-13(20)14(21)9-12)18-22-15(10-26-18)11-4-7-16(24-2)17(8-11)25-3/h4-10,23H,1-3H3. The number of aliphatic hydroxyl groups is 1. The molecular weight excluding hydrogens is 360 g/mol. The Balaban J connectivity index is 1.97. The zero-order chi connectivity index (χ0) is 18.9. The van der Waals surface area contributed by atoms with Gasteiger partial charge in [0.05, 0.1) is 19.9 Å². The van der Waals surface area contributed by atoms with Crippen LogP contribution >= 0.6 is 11.3 Å². The van der Waals surface area contributed by atoms with E-state index in [-0.39, 0.29) is 5.56 Å². The minimum Gasteiger partial charge on any atom is -0.493 e. The maximum Gasteiger partial charge on any atom is 0.161 e. The Morgan fingerprint density at radius 2 is 1.73 bits per heavy atom. The van der Waals surface area contributed by atoms with Crippen LogP contribution in [0.25, 0.3) is 11.3 Å². The van der Waals surface area contributed by atoms with Gasteiger partial charge in [0, 0.05) is 10.9 Å². The van der Waals surface area contributed by atoms with Gasteiger partial charge < -0.3 is 14.6 Å². The van der Waals surface area contributed by atoms with Crippen molar-refractivity contribution in [2.75, 3.05) is 14.2 Å². The molecule has 0 bridgehead atoms. The number of benzene rings is 2. The lowest BCUT2D eigenvalue weighted by molar-refractivity contribution is 0.101. The Kier molecular flexibility index (Phi) is 4.93. The number of hydrogen-bond donors (Lipinski definition) is 1. The Hall–Kier alpha value is -2.51. The lowest BCUT2D eigenvalue weighted by Gasteiger charge is -2.21. The van der Waals surface area contributed by atoms with Crippen molar-refractivity contribution in [3.8, 4) is 22.8 Å². The molecule has 2 aromatic carbocycles. The van der Waals surface area contributed by atoms with E-state index in [1.165, 1.54) is 24.3 Å². The maximum absolute atomic E-state index is 13.5. The van der Waals surface area contributed by atoms with Crippen molar-refractivity contribution in [1.82, 2.24) is 4.98 Å². The van der Waals surface area contributed by atoms with Crippen LogP contribution in [0.3, 0.4) is 0 Å². The highest BCUT2D eigenvalue weighted by Crippen LogP contribution is 2.36. The third-order valence-electron chi connectivity index (χ3n) is 4.08. The van der Waals surface area contributed by atoms with Gasteiger partial charge >= 0.3 is 0 Å². The second-order valence-corrected chi connectivity index (χ2v) is 6.67. The number of aromatic nitrogens is 1. The van der Waals surface area contributed by atoms with Crippen molar-refractivity contribution in [3.05, 3.63) is 64.0 Å². The molecule has 7 heteroatoms. The van der Waals surface area contributed by atoms with E-state index in [4.69, 9.17) is 9.47 Å². The fourth-order valence-electron chi connectivity index (χ4n) is 2.55. The first-order chi connectivity index (χ1) is 12.4. The van der Waals surface area contributed by atoms with Crippen LogP contribution in [0.4, 0.5) is 8.78 Å². The summed E-state index contributed by atoms with van der Waals surface area (Å²) in [6, 6.07) is 8.68. The van der Waals surface area contributed by atoms with Gasteiger partial charge in [-0.05, 0) is 42.8 Å². The first-order valence-corrected chi connectivity index (χ1v) is 8.61. The number of halogens is 2. The largest absolute Gasteiger partial charge is 0.493 e. The Bertz CT molecular complexity index is 940. The number of rotatable bonds is 5. The van der Waals surface area contributed by atoms with E-state index in [0.717, 1.165) is 17.7 Å². The summed E-state index contributed by atoms with van der Waals surface area (Å²) in [6.07, 6.45) is 0. The molecule has 0 spiro atoms. The first kappa shape index (κ1) is 18.3. The molecule has 0 saturated carbocycles. The summed E-state index contributed by atoms with van der Waals surface area (Å²) in [7, 11) is 3.10. The summed E-state index contributed by atoms with van der Waals surface area (Å²) in [5, 5.41) is 13.0. The third-order valence-corrected chi connectivity index (χ3v) is 5.13. The average Bonchev–Trinajstić information content (AvgIpc) is 3.14. The molecule has 1 heterocycles. The van der Waals surface area contributed by atoms with Crippen LogP contribution < -0.4 is 9.47 Å². The van der Waals surface area contributed by atoms with Crippen LogP contribution in [0, 0.1) is 11.6 Å². The second kappa shape index (κ2) is 7.01. The van der Waals surface area contributed by atoms with Crippen molar-refractivity contribution in [1.29, 1.82) is 0 Å². The molecule has 3 rings (SSSR count). The van der Waals surface area contributed by atoms with Crippen molar-refractivity contribution >= 4 is 11.3 Å². The average molecular weight is 377 g/mol. The topological polar surface area (TPSA) is 51.6 Å². The van der Waals surface area contributed by atoms with Crippen LogP contribution in [0.5, 0.6) is 11.5 Å². The molecule has 1 atom stereocenters. The number of ether oxygens (including phenoxy) is 2. The first-order valence-electron chi connectivity index (χ1n) is 7.73. The van der Waals surface area contributed by atoms with Gasteiger partial charge in [0.1, 0.15) is 10.6 Å². The van der Waals surface area contributed by atoms with Crippen molar-refractivity contribution in [3.63, 3.8) is 0 Å². The highest BCUT2D eigenvalue weighted by Gasteiger charge is 2.30. The van der Waals surface area contributed by atoms with Gasteiger partial charge in [0.15, 0.2) is 23.1 Å². The van der Waals surface area contributed by atoms with E-state index in [9.17, 15) is 13.9 Å². The summed E-state index contributed by atoms with van der Waals surface area (Å²) >= 11 is 1.23. The molecule has 26 heavy (non-hydrogen) atoms. The van der Waals surface area contributed by atoms with Crippen LogP contribution in [-0.2, 0) is 5.60 Å². The third kappa shape index (κ3) is 3.27. The van der Waals surface area contributed by atoms with E-state index in [2.05, 4.69) is 4.98 Å². The Morgan fingerprint density at radius 3 is 2.38 bits per heavy atom. The summed E-state index contributed by atoms with van der Waals surface area (Å²) < 4.78 is 37.2. The molecule has 136 valence electrons. The Morgan fingerprint density at radius 1 is 1.00 bits per heavy atom. The fourth-order valence-corrected chi connectivity index (χ4v) is 3.46. The molecule has 0 amide bonds. The molecular formula is C19H17F2NO3S. The fraction of sp³-hybridized carbons (Fsp3) is 0.211. The SMILES string of the molecule is COc1ccc(-c2csc(C(C)(O)c3ccc(F)c(F)c3)n2)cc1OC. The molecule has 0 fully saturated rings. The van der Waals surface area contributed by atoms with Gasteiger partial charge in [-0.25, -0.2) is 13.8 Å². The van der Waals surface area contributed by atoms with Crippen LogP contribution in [0.1, 0.15) is 17.5 Å². The monoisotopic (exact) mass is 377 g/mol. The smallest absolute Gasteiger partial charge is 0.161 e. The van der Waals surface area contributed by atoms with Gasteiger partial charge in [-0.15, -0.1) is 11.3 Å². The van der Waals surface area contributed by atoms with E-state index >= 15 is 0 Å². The van der Waals surface area contributed by atoms with Crippen molar-refractivity contribution < 1.29 is 23.4 Å². The molecule has 4 nitrogen and oxygen atoms in total. The molecule has 3 aromatic rings. The van der Waals surface area contributed by atoms with Gasteiger partial charge in [0.2, 0.25) is 0 Å². The number of thiazole rings is 1. The molecule has 1 N–H and O–H groups in total. The van der Waals surface area contributed by atoms with E-state index in [0.29, 0.717) is 22.2 Å². The molecule has 0 aliphatic rings. The van der Waals surface area contributed by atoms with Gasteiger partial charge in [-0.1, -0.05) is 6.07 Å². The molecule has 0 radical (unpaired) electrons. The maximum atomic E-state index is 13.5. The summed E-state index contributed by atoms with van der Waals surface area (Å²) in [5.74, 6) is -0.818. The lowest BCUT2D eigenvalue weighted by atomic mass is 9.96. The highest BCUT2D eigenvalue weighted by atomic mass is 32.1. The van der Waals surface area contributed by atoms with Crippen LogP contribution in [0.2, 0.25) is 0 Å². The summed E-state index contributed by atoms with van der Waals surface area (Å²) in [5.41, 5.74) is 0.0956. The minimum absolute atomic E-state index is 0.226. The normalized spacial score (nSPS) is 13.3. The van der Waals surface area contributed by atoms with Crippen LogP contribution in [0.15, 0.2) is 41.8 Å². The zero-order valence-electron chi connectivity index (χ0n) is 14.4.